The Hall–Kier alpha value is -2.93. The molecule has 1 amide bonds. The van der Waals surface area contributed by atoms with Crippen LogP contribution in [-0.4, -0.2) is 18.4 Å². The van der Waals surface area contributed by atoms with Crippen molar-refractivity contribution in [1.82, 2.24) is 5.32 Å². The Kier molecular flexibility index (Phi) is 6.26. The highest BCUT2D eigenvalue weighted by Crippen LogP contribution is 2.23. The maximum atomic E-state index is 12.0. The predicted molar refractivity (Wildman–Crippen MR) is 108 cm³/mol. The highest BCUT2D eigenvalue weighted by molar-refractivity contribution is 7.08. The van der Waals surface area contributed by atoms with Crippen molar-refractivity contribution in [3.05, 3.63) is 67.7 Å². The summed E-state index contributed by atoms with van der Waals surface area (Å²) in [5.41, 5.74) is 3.21. The van der Waals surface area contributed by atoms with Crippen molar-refractivity contribution in [3.63, 3.8) is 0 Å². The van der Waals surface area contributed by atoms with E-state index in [9.17, 15) is 14.4 Å². The number of fused-ring (bicyclic) bond motifs is 1. The lowest BCUT2D eigenvalue weighted by atomic mass is 10.0. The Morgan fingerprint density at radius 1 is 1.21 bits per heavy atom. The maximum absolute atomic E-state index is 12.0. The number of thiophene rings is 1. The number of ether oxygens (including phenoxy) is 1. The zero-order valence-corrected chi connectivity index (χ0v) is 16.6. The van der Waals surface area contributed by atoms with Crippen LogP contribution in [0.4, 0.5) is 0 Å². The highest BCUT2D eigenvalue weighted by Gasteiger charge is 2.12. The van der Waals surface area contributed by atoms with Crippen molar-refractivity contribution >= 4 is 34.2 Å². The van der Waals surface area contributed by atoms with Crippen LogP contribution in [0.1, 0.15) is 39.9 Å². The molecule has 3 aromatic rings. The number of amides is 1. The molecule has 1 N–H and O–H groups in total. The zero-order valence-electron chi connectivity index (χ0n) is 15.7. The van der Waals surface area contributed by atoms with Gasteiger partial charge in [0.1, 0.15) is 12.2 Å². The van der Waals surface area contributed by atoms with Gasteiger partial charge in [-0.15, -0.1) is 0 Å². The van der Waals surface area contributed by atoms with E-state index in [-0.39, 0.29) is 24.9 Å². The minimum absolute atomic E-state index is 0.00466. The average Bonchev–Trinajstić information content (AvgIpc) is 3.21. The fourth-order valence-corrected chi connectivity index (χ4v) is 3.44. The van der Waals surface area contributed by atoms with E-state index in [1.165, 1.54) is 17.4 Å². The van der Waals surface area contributed by atoms with Crippen LogP contribution in [-0.2, 0) is 16.1 Å². The molecule has 0 aliphatic heterocycles. The molecule has 146 valence electrons. The first-order valence-electron chi connectivity index (χ1n) is 8.94. The summed E-state index contributed by atoms with van der Waals surface area (Å²) in [4.78, 5) is 35.6. The number of nitrogens with one attached hydrogen (secondary N) is 1. The van der Waals surface area contributed by atoms with E-state index in [4.69, 9.17) is 9.15 Å². The van der Waals surface area contributed by atoms with E-state index in [0.717, 1.165) is 16.5 Å². The first-order chi connectivity index (χ1) is 13.5. The van der Waals surface area contributed by atoms with Crippen LogP contribution in [0.2, 0.25) is 0 Å². The van der Waals surface area contributed by atoms with E-state index in [0.29, 0.717) is 29.7 Å². The van der Waals surface area contributed by atoms with Gasteiger partial charge in [0, 0.05) is 40.9 Å². The SMILES string of the molecule is Cc1ccc2c(COC(=O)CCCNC(=O)c3ccsc3)cc(=O)oc2c1C. The Balaban J connectivity index is 1.53. The Morgan fingerprint density at radius 3 is 2.79 bits per heavy atom. The molecule has 2 heterocycles. The summed E-state index contributed by atoms with van der Waals surface area (Å²) in [7, 11) is 0. The minimum atomic E-state index is -0.469. The number of hydrogen-bond donors (Lipinski definition) is 1. The molecule has 3 rings (SSSR count). The van der Waals surface area contributed by atoms with Crippen LogP contribution in [0, 0.1) is 13.8 Å². The molecular formula is C21H21NO5S. The molecule has 0 saturated carbocycles. The van der Waals surface area contributed by atoms with Gasteiger partial charge in [-0.1, -0.05) is 12.1 Å². The molecule has 0 aliphatic carbocycles. The average molecular weight is 399 g/mol. The van der Waals surface area contributed by atoms with Crippen molar-refractivity contribution < 1.29 is 18.7 Å². The molecule has 0 aliphatic rings. The molecule has 0 fully saturated rings. The summed E-state index contributed by atoms with van der Waals surface area (Å²) >= 11 is 1.46. The normalized spacial score (nSPS) is 10.8. The third kappa shape index (κ3) is 4.67. The van der Waals surface area contributed by atoms with Crippen LogP contribution in [0.25, 0.3) is 11.0 Å². The number of esters is 1. The fraction of sp³-hybridized carbons (Fsp3) is 0.286. The number of hydrogen-bond acceptors (Lipinski definition) is 6. The molecule has 0 spiro atoms. The molecule has 6 nitrogen and oxygen atoms in total. The fourth-order valence-electron chi connectivity index (χ4n) is 2.80. The van der Waals surface area contributed by atoms with Gasteiger partial charge >= 0.3 is 11.6 Å². The third-order valence-corrected chi connectivity index (χ3v) is 5.22. The summed E-state index contributed by atoms with van der Waals surface area (Å²) in [6, 6.07) is 6.91. The Bertz CT molecular complexity index is 1050. The van der Waals surface area contributed by atoms with Crippen LogP contribution in [0.5, 0.6) is 0 Å². The van der Waals surface area contributed by atoms with Crippen molar-refractivity contribution in [2.45, 2.75) is 33.3 Å². The largest absolute Gasteiger partial charge is 0.461 e. The quantitative estimate of drug-likeness (QED) is 0.372. The van der Waals surface area contributed by atoms with Gasteiger partial charge in [0.25, 0.3) is 5.91 Å². The van der Waals surface area contributed by atoms with Gasteiger partial charge < -0.3 is 14.5 Å². The number of rotatable bonds is 7. The van der Waals surface area contributed by atoms with Gasteiger partial charge in [0.05, 0.1) is 0 Å². The molecule has 2 aromatic heterocycles. The van der Waals surface area contributed by atoms with Crippen LogP contribution in [0.3, 0.4) is 0 Å². The van der Waals surface area contributed by atoms with Gasteiger partial charge in [0.15, 0.2) is 0 Å². The number of benzene rings is 1. The molecule has 0 radical (unpaired) electrons. The molecular weight excluding hydrogens is 378 g/mol. The molecule has 0 bridgehead atoms. The Morgan fingerprint density at radius 2 is 2.04 bits per heavy atom. The van der Waals surface area contributed by atoms with Crippen LogP contribution < -0.4 is 10.9 Å². The third-order valence-electron chi connectivity index (χ3n) is 4.53. The summed E-state index contributed by atoms with van der Waals surface area (Å²) in [5.74, 6) is -0.530. The van der Waals surface area contributed by atoms with E-state index in [1.807, 2.05) is 31.4 Å². The highest BCUT2D eigenvalue weighted by atomic mass is 32.1. The standard InChI is InChI=1S/C21H21NO5S/c1-13-5-6-17-16(10-19(24)27-20(17)14(13)2)11-26-18(23)4-3-8-22-21(25)15-7-9-28-12-15/h5-7,9-10,12H,3-4,8,11H2,1-2H3,(H,22,25). The molecule has 0 atom stereocenters. The van der Waals surface area contributed by atoms with Crippen LogP contribution in [0.15, 0.2) is 44.2 Å². The molecule has 0 unspecified atom stereocenters. The van der Waals surface area contributed by atoms with E-state index >= 15 is 0 Å². The lowest BCUT2D eigenvalue weighted by molar-refractivity contribution is -0.145. The molecule has 0 saturated heterocycles. The lowest BCUT2D eigenvalue weighted by Crippen LogP contribution is -2.24. The van der Waals surface area contributed by atoms with Gasteiger partial charge in [-0.05, 0) is 42.8 Å². The maximum Gasteiger partial charge on any atom is 0.336 e. The van der Waals surface area contributed by atoms with E-state index < -0.39 is 5.63 Å². The molecule has 1 aromatic carbocycles. The summed E-state index contributed by atoms with van der Waals surface area (Å²) in [6.45, 7) is 4.23. The van der Waals surface area contributed by atoms with E-state index in [1.54, 1.807) is 11.4 Å². The van der Waals surface area contributed by atoms with Gasteiger partial charge in [-0.2, -0.15) is 11.3 Å². The lowest BCUT2D eigenvalue weighted by Gasteiger charge is -2.10. The van der Waals surface area contributed by atoms with Crippen molar-refractivity contribution in [1.29, 1.82) is 0 Å². The minimum Gasteiger partial charge on any atom is -0.461 e. The number of carbonyl (C=O) groups excluding carboxylic acids is 2. The second-order valence-corrected chi connectivity index (χ2v) is 7.29. The van der Waals surface area contributed by atoms with Gasteiger partial charge in [-0.25, -0.2) is 4.79 Å². The second kappa shape index (κ2) is 8.84. The topological polar surface area (TPSA) is 85.6 Å². The molecule has 28 heavy (non-hydrogen) atoms. The van der Waals surface area contributed by atoms with Crippen molar-refractivity contribution in [2.75, 3.05) is 6.54 Å². The predicted octanol–water partition coefficient (Wildman–Crippen LogP) is 3.72. The van der Waals surface area contributed by atoms with Crippen molar-refractivity contribution in [3.8, 4) is 0 Å². The van der Waals surface area contributed by atoms with Gasteiger partial charge in [0.2, 0.25) is 0 Å². The number of carbonyl (C=O) groups is 2. The van der Waals surface area contributed by atoms with Gasteiger partial charge in [-0.3, -0.25) is 9.59 Å². The zero-order chi connectivity index (χ0) is 20.1. The number of aryl methyl sites for hydroxylation is 2. The smallest absolute Gasteiger partial charge is 0.336 e. The molecule has 7 heteroatoms. The monoisotopic (exact) mass is 399 g/mol. The summed E-state index contributed by atoms with van der Waals surface area (Å²) < 4.78 is 10.6. The Labute approximate surface area is 166 Å². The first kappa shape index (κ1) is 19.8. The second-order valence-electron chi connectivity index (χ2n) is 6.51. The summed E-state index contributed by atoms with van der Waals surface area (Å²) in [5, 5.41) is 7.13. The van der Waals surface area contributed by atoms with Crippen molar-refractivity contribution in [2.24, 2.45) is 0 Å². The van der Waals surface area contributed by atoms with Crippen LogP contribution >= 0.6 is 11.3 Å². The first-order valence-corrected chi connectivity index (χ1v) is 9.89. The van der Waals surface area contributed by atoms with E-state index in [2.05, 4.69) is 5.32 Å². The summed E-state index contributed by atoms with van der Waals surface area (Å²) in [6.07, 6.45) is 0.659.